The normalized spacial score (nSPS) is 11.4. The van der Waals surface area contributed by atoms with Gasteiger partial charge >= 0.3 is 0 Å². The highest BCUT2D eigenvalue weighted by Gasteiger charge is 2.05. The van der Waals surface area contributed by atoms with Gasteiger partial charge in [-0.15, -0.1) is 0 Å². The van der Waals surface area contributed by atoms with Gasteiger partial charge in [-0.2, -0.15) is 0 Å². The average Bonchev–Trinajstić information content (AvgIpc) is 2.38. The van der Waals surface area contributed by atoms with Crippen molar-refractivity contribution in [3.05, 3.63) is 23.4 Å². The van der Waals surface area contributed by atoms with Gasteiger partial charge in [0.2, 0.25) is 5.88 Å². The number of hydrogen-bond donors (Lipinski definition) is 1. The molecule has 0 saturated heterocycles. The first-order chi connectivity index (χ1) is 10.0. The molecule has 0 radical (unpaired) electrons. The summed E-state index contributed by atoms with van der Waals surface area (Å²) in [5.41, 5.74) is 2.41. The maximum atomic E-state index is 5.83. The lowest BCUT2D eigenvalue weighted by Crippen LogP contribution is -2.19. The summed E-state index contributed by atoms with van der Waals surface area (Å²) in [6.07, 6.45) is 3.19. The second-order valence-electron chi connectivity index (χ2n) is 6.61. The van der Waals surface area contributed by atoms with Crippen LogP contribution in [-0.2, 0) is 13.0 Å². The number of nitrogens with one attached hydrogen (secondary N) is 1. The van der Waals surface area contributed by atoms with E-state index in [0.29, 0.717) is 11.8 Å². The van der Waals surface area contributed by atoms with Gasteiger partial charge in [-0.1, -0.05) is 41.0 Å². The molecule has 3 nitrogen and oxygen atoms in total. The minimum absolute atomic E-state index is 0.663. The van der Waals surface area contributed by atoms with Crippen molar-refractivity contribution in [1.29, 1.82) is 0 Å². The van der Waals surface area contributed by atoms with E-state index in [0.717, 1.165) is 50.5 Å². The maximum Gasteiger partial charge on any atom is 0.213 e. The van der Waals surface area contributed by atoms with E-state index in [9.17, 15) is 0 Å². The van der Waals surface area contributed by atoms with E-state index >= 15 is 0 Å². The third-order valence-electron chi connectivity index (χ3n) is 3.25. The summed E-state index contributed by atoms with van der Waals surface area (Å²) in [4.78, 5) is 4.61. The summed E-state index contributed by atoms with van der Waals surface area (Å²) in [5.74, 6) is 2.11. The van der Waals surface area contributed by atoms with Crippen LogP contribution in [0, 0.1) is 11.8 Å². The van der Waals surface area contributed by atoms with Crippen LogP contribution in [0.1, 0.15) is 58.7 Å². The van der Waals surface area contributed by atoms with Crippen LogP contribution >= 0.6 is 0 Å². The molecule has 1 heterocycles. The number of pyridine rings is 1. The van der Waals surface area contributed by atoms with E-state index in [-0.39, 0.29) is 0 Å². The van der Waals surface area contributed by atoms with E-state index in [1.165, 1.54) is 5.56 Å². The lowest BCUT2D eigenvalue weighted by Gasteiger charge is -2.12. The van der Waals surface area contributed by atoms with Crippen molar-refractivity contribution in [2.75, 3.05) is 13.2 Å². The Morgan fingerprint density at radius 2 is 1.90 bits per heavy atom. The predicted octanol–water partition coefficient (Wildman–Crippen LogP) is 4.20. The van der Waals surface area contributed by atoms with Crippen LogP contribution in [0.15, 0.2) is 12.1 Å². The first kappa shape index (κ1) is 18.0. The van der Waals surface area contributed by atoms with Gasteiger partial charge in [-0.05, 0) is 42.9 Å². The molecule has 0 atom stereocenters. The molecule has 1 aromatic rings. The third-order valence-corrected chi connectivity index (χ3v) is 3.25. The Hall–Kier alpha value is -1.09. The monoisotopic (exact) mass is 292 g/mol. The molecule has 0 unspecified atom stereocenters. The van der Waals surface area contributed by atoms with Crippen molar-refractivity contribution in [3.63, 3.8) is 0 Å². The number of nitrogens with zero attached hydrogens (tertiary/aromatic N) is 1. The quantitative estimate of drug-likeness (QED) is 0.701. The van der Waals surface area contributed by atoms with Crippen LogP contribution in [0.2, 0.25) is 0 Å². The average molecular weight is 292 g/mol. The molecule has 0 saturated carbocycles. The van der Waals surface area contributed by atoms with Gasteiger partial charge in [0.05, 0.1) is 6.61 Å². The number of rotatable bonds is 10. The minimum Gasteiger partial charge on any atom is -0.478 e. The fourth-order valence-corrected chi connectivity index (χ4v) is 2.08. The van der Waals surface area contributed by atoms with Crippen LogP contribution in [0.25, 0.3) is 0 Å². The van der Waals surface area contributed by atoms with Crippen LogP contribution in [0.5, 0.6) is 5.88 Å². The minimum atomic E-state index is 0.663. The molecule has 0 aliphatic rings. The molecule has 1 N–H and O–H groups in total. The predicted molar refractivity (Wildman–Crippen MR) is 89.7 cm³/mol. The lowest BCUT2D eigenvalue weighted by molar-refractivity contribution is 0.278. The van der Waals surface area contributed by atoms with E-state index < -0.39 is 0 Å². The summed E-state index contributed by atoms with van der Waals surface area (Å²) in [6.45, 7) is 13.7. The van der Waals surface area contributed by atoms with Gasteiger partial charge in [0.15, 0.2) is 0 Å². The van der Waals surface area contributed by atoms with Crippen LogP contribution < -0.4 is 10.1 Å². The second kappa shape index (κ2) is 9.78. The van der Waals surface area contributed by atoms with Crippen LogP contribution in [0.4, 0.5) is 0 Å². The summed E-state index contributed by atoms with van der Waals surface area (Å²) in [7, 11) is 0. The highest BCUT2D eigenvalue weighted by atomic mass is 16.5. The number of hydrogen-bond acceptors (Lipinski definition) is 3. The number of aryl methyl sites for hydroxylation is 1. The van der Waals surface area contributed by atoms with Gasteiger partial charge in [0, 0.05) is 18.3 Å². The zero-order valence-corrected chi connectivity index (χ0v) is 14.4. The van der Waals surface area contributed by atoms with Gasteiger partial charge < -0.3 is 10.1 Å². The largest absolute Gasteiger partial charge is 0.478 e. The molecule has 0 bridgehead atoms. The van der Waals surface area contributed by atoms with Gasteiger partial charge in [0.1, 0.15) is 0 Å². The van der Waals surface area contributed by atoms with E-state index in [1.54, 1.807) is 0 Å². The zero-order chi connectivity index (χ0) is 15.7. The molecule has 0 aliphatic carbocycles. The SMILES string of the molecule is CCCc1cc(CNCC(C)C)cc(OCCC(C)C)n1. The van der Waals surface area contributed by atoms with Crippen molar-refractivity contribution >= 4 is 0 Å². The van der Waals surface area contributed by atoms with Crippen molar-refractivity contribution in [1.82, 2.24) is 10.3 Å². The molecule has 0 fully saturated rings. The molecular weight excluding hydrogens is 260 g/mol. The number of ether oxygens (including phenoxy) is 1. The fourth-order valence-electron chi connectivity index (χ4n) is 2.08. The van der Waals surface area contributed by atoms with Crippen molar-refractivity contribution < 1.29 is 4.74 Å². The van der Waals surface area contributed by atoms with Crippen molar-refractivity contribution in [2.24, 2.45) is 11.8 Å². The molecule has 120 valence electrons. The Labute approximate surface area is 130 Å². The molecule has 3 heteroatoms. The topological polar surface area (TPSA) is 34.1 Å². The molecule has 0 aliphatic heterocycles. The summed E-state index contributed by atoms with van der Waals surface area (Å²) in [5, 5.41) is 3.49. The first-order valence-corrected chi connectivity index (χ1v) is 8.34. The van der Waals surface area contributed by atoms with Crippen molar-refractivity contribution in [2.45, 2.75) is 60.4 Å². The van der Waals surface area contributed by atoms with Crippen LogP contribution in [0.3, 0.4) is 0 Å². The number of aromatic nitrogens is 1. The Kier molecular flexibility index (Phi) is 8.36. The molecule has 21 heavy (non-hydrogen) atoms. The van der Waals surface area contributed by atoms with E-state index in [4.69, 9.17) is 4.74 Å². The van der Waals surface area contributed by atoms with Gasteiger partial charge in [0.25, 0.3) is 0 Å². The fraction of sp³-hybridized carbons (Fsp3) is 0.722. The third kappa shape index (κ3) is 8.05. The zero-order valence-electron chi connectivity index (χ0n) is 14.4. The Balaban J connectivity index is 2.65. The summed E-state index contributed by atoms with van der Waals surface area (Å²) < 4.78 is 5.83. The summed E-state index contributed by atoms with van der Waals surface area (Å²) in [6, 6.07) is 4.28. The summed E-state index contributed by atoms with van der Waals surface area (Å²) >= 11 is 0. The highest BCUT2D eigenvalue weighted by Crippen LogP contribution is 2.15. The first-order valence-electron chi connectivity index (χ1n) is 8.34. The lowest BCUT2D eigenvalue weighted by atomic mass is 10.1. The Morgan fingerprint density at radius 1 is 1.14 bits per heavy atom. The van der Waals surface area contributed by atoms with E-state index in [1.807, 2.05) is 0 Å². The second-order valence-corrected chi connectivity index (χ2v) is 6.61. The maximum absolute atomic E-state index is 5.83. The van der Waals surface area contributed by atoms with Gasteiger partial charge in [-0.25, -0.2) is 4.98 Å². The van der Waals surface area contributed by atoms with Gasteiger partial charge in [-0.3, -0.25) is 0 Å². The molecule has 1 rings (SSSR count). The smallest absolute Gasteiger partial charge is 0.213 e. The molecular formula is C18H32N2O. The molecule has 1 aromatic heterocycles. The van der Waals surface area contributed by atoms with E-state index in [2.05, 4.69) is 57.1 Å². The van der Waals surface area contributed by atoms with Crippen molar-refractivity contribution in [3.8, 4) is 5.88 Å². The Bertz CT molecular complexity index is 370. The molecule has 0 spiro atoms. The Morgan fingerprint density at radius 3 is 2.52 bits per heavy atom. The molecule has 0 amide bonds. The standard InChI is InChI=1S/C18H32N2O/c1-6-7-17-10-16(13-19-12-15(4)5)11-18(20-17)21-9-8-14(2)3/h10-11,14-15,19H,6-9,12-13H2,1-5H3. The van der Waals surface area contributed by atoms with Crippen LogP contribution in [-0.4, -0.2) is 18.1 Å². The highest BCUT2D eigenvalue weighted by molar-refractivity contribution is 5.25. The molecule has 0 aromatic carbocycles.